The van der Waals surface area contributed by atoms with Gasteiger partial charge in [0.05, 0.1) is 29.8 Å². The summed E-state index contributed by atoms with van der Waals surface area (Å²) in [6, 6.07) is 4.78. The molecule has 2 aromatic rings. The zero-order valence-electron chi connectivity index (χ0n) is 20.4. The van der Waals surface area contributed by atoms with Crippen LogP contribution in [0.15, 0.2) is 18.2 Å². The summed E-state index contributed by atoms with van der Waals surface area (Å²) in [6.45, 7) is 1.65. The monoisotopic (exact) mass is 524 g/mol. The number of hydrogen-bond acceptors (Lipinski definition) is 9. The lowest BCUT2D eigenvalue weighted by molar-refractivity contribution is -0.138. The Morgan fingerprint density at radius 2 is 1.79 bits per heavy atom. The van der Waals surface area contributed by atoms with Crippen molar-refractivity contribution in [2.45, 2.75) is 37.9 Å². The van der Waals surface area contributed by atoms with Crippen LogP contribution in [0.1, 0.15) is 39.9 Å². The smallest absolute Gasteiger partial charge is 0.254 e. The summed E-state index contributed by atoms with van der Waals surface area (Å²) in [4.78, 5) is 40.3. The van der Waals surface area contributed by atoms with E-state index in [1.807, 2.05) is 4.90 Å². The molecule has 0 aromatic heterocycles. The summed E-state index contributed by atoms with van der Waals surface area (Å²) < 4.78 is 20.4. The number of imide groups is 1. The molecule has 198 valence electrons. The normalized spacial score (nSPS) is 21.9. The number of nitrogens with one attached hydrogen (secondary N) is 2. The maximum Gasteiger partial charge on any atom is 0.254 e. The van der Waals surface area contributed by atoms with Gasteiger partial charge in [-0.25, -0.2) is 4.39 Å². The average molecular weight is 524 g/mol. The van der Waals surface area contributed by atoms with Crippen LogP contribution in [0.4, 0.5) is 10.1 Å². The maximum absolute atomic E-state index is 15.2. The van der Waals surface area contributed by atoms with E-state index in [2.05, 4.69) is 10.6 Å². The number of fused-ring (bicyclic) bond motifs is 1. The van der Waals surface area contributed by atoms with Gasteiger partial charge in [0.25, 0.3) is 5.91 Å². The number of hydrogen-bond donors (Lipinski definition) is 5. The molecule has 2 aromatic carbocycles. The predicted molar refractivity (Wildman–Crippen MR) is 132 cm³/mol. The Morgan fingerprint density at radius 1 is 1.08 bits per heavy atom. The first-order chi connectivity index (χ1) is 18.1. The van der Waals surface area contributed by atoms with E-state index in [1.54, 1.807) is 18.2 Å². The van der Waals surface area contributed by atoms with Crippen molar-refractivity contribution >= 4 is 31.3 Å². The molecule has 11 nitrogen and oxygen atoms in total. The number of aromatic hydroxyl groups is 3. The fourth-order valence-corrected chi connectivity index (χ4v) is 5.05. The Bertz CT molecular complexity index is 1300. The molecule has 2 saturated heterocycles. The largest absolute Gasteiger partial charge is 0.504 e. The predicted octanol–water partition coefficient (Wildman–Crippen LogP) is 0.644. The van der Waals surface area contributed by atoms with Crippen molar-refractivity contribution in [3.8, 4) is 17.2 Å². The highest BCUT2D eigenvalue weighted by Crippen LogP contribution is 2.43. The molecular formula is C25H26BFN4O7. The SMILES string of the molecule is [B]C1(N2Cc3c(NCc4c(O)c(O)c(CN5CCOCC5)c(O)c4F)cccc3C2=O)CCC(=O)NC1=O. The molecule has 3 amide bonds. The minimum absolute atomic E-state index is 0.0133. The second-order valence-electron chi connectivity index (χ2n) is 9.58. The van der Waals surface area contributed by atoms with E-state index >= 15 is 4.39 Å². The third-order valence-electron chi connectivity index (χ3n) is 7.32. The summed E-state index contributed by atoms with van der Waals surface area (Å²) in [5, 5.41) is 36.8. The van der Waals surface area contributed by atoms with Crippen molar-refractivity contribution in [2.24, 2.45) is 0 Å². The molecule has 2 radical (unpaired) electrons. The molecule has 38 heavy (non-hydrogen) atoms. The Balaban J connectivity index is 1.37. The summed E-state index contributed by atoms with van der Waals surface area (Å²) in [5.74, 6) is -4.88. The first-order valence-electron chi connectivity index (χ1n) is 12.2. The van der Waals surface area contributed by atoms with Crippen LogP contribution in [0.2, 0.25) is 0 Å². The van der Waals surface area contributed by atoms with Gasteiger partial charge in [-0.3, -0.25) is 24.6 Å². The number of piperidine rings is 1. The van der Waals surface area contributed by atoms with Crippen molar-refractivity contribution in [1.29, 1.82) is 0 Å². The molecule has 5 N–H and O–H groups in total. The number of rotatable bonds is 6. The molecule has 0 bridgehead atoms. The van der Waals surface area contributed by atoms with Gasteiger partial charge >= 0.3 is 0 Å². The van der Waals surface area contributed by atoms with Crippen LogP contribution in [0.25, 0.3) is 0 Å². The number of phenolic OH excluding ortho intramolecular Hbond substituents is 3. The molecule has 5 rings (SSSR count). The highest BCUT2D eigenvalue weighted by Gasteiger charge is 2.48. The molecule has 3 heterocycles. The van der Waals surface area contributed by atoms with Gasteiger partial charge in [0.2, 0.25) is 11.8 Å². The van der Waals surface area contributed by atoms with Gasteiger partial charge in [-0.15, -0.1) is 0 Å². The van der Waals surface area contributed by atoms with Crippen LogP contribution in [-0.4, -0.2) is 82.4 Å². The molecule has 13 heteroatoms. The lowest BCUT2D eigenvalue weighted by Crippen LogP contribution is -2.63. The maximum atomic E-state index is 15.2. The summed E-state index contributed by atoms with van der Waals surface area (Å²) >= 11 is 0. The number of phenols is 3. The molecule has 3 aliphatic rings. The van der Waals surface area contributed by atoms with E-state index in [9.17, 15) is 29.7 Å². The quantitative estimate of drug-likeness (QED) is 0.159. The number of ether oxygens (including phenoxy) is 1. The number of morpholine rings is 1. The van der Waals surface area contributed by atoms with E-state index in [0.29, 0.717) is 37.6 Å². The van der Waals surface area contributed by atoms with Crippen molar-refractivity contribution in [1.82, 2.24) is 15.1 Å². The zero-order valence-corrected chi connectivity index (χ0v) is 20.4. The fraction of sp³-hybridized carbons (Fsp3) is 0.400. The Hall–Kier alpha value is -3.84. The van der Waals surface area contributed by atoms with Crippen LogP contribution in [-0.2, 0) is 34.0 Å². The molecule has 1 atom stereocenters. The van der Waals surface area contributed by atoms with E-state index < -0.39 is 46.2 Å². The minimum atomic E-state index is -1.71. The zero-order chi connectivity index (χ0) is 27.2. The standard InChI is InChI=1S/C25H26BFN4O7/c26-25(5-4-18(32)29-24(25)37)31-12-15-13(23(31)36)2-1-3-17(15)28-10-14-19(27)20(33)16(22(35)21(14)34)11-30-6-8-38-9-7-30/h1-3,28,33-35H,4-12H2,(H,29,32,37). The Labute approximate surface area is 218 Å². The number of amides is 3. The summed E-state index contributed by atoms with van der Waals surface area (Å²) in [5.41, 5.74) is -1.01. The van der Waals surface area contributed by atoms with Gasteiger partial charge in [0.1, 0.15) is 7.85 Å². The second kappa shape index (κ2) is 9.80. The molecule has 3 aliphatic heterocycles. The number of anilines is 1. The van der Waals surface area contributed by atoms with Gasteiger partial charge in [-0.05, 0) is 18.6 Å². The lowest BCUT2D eigenvalue weighted by atomic mass is 9.70. The van der Waals surface area contributed by atoms with Crippen LogP contribution in [0.3, 0.4) is 0 Å². The third kappa shape index (κ3) is 4.31. The molecular weight excluding hydrogens is 498 g/mol. The highest BCUT2D eigenvalue weighted by atomic mass is 19.1. The first-order valence-corrected chi connectivity index (χ1v) is 12.2. The summed E-state index contributed by atoms with van der Waals surface area (Å²) in [6.07, 6.45) is -0.0465. The second-order valence-corrected chi connectivity index (χ2v) is 9.58. The van der Waals surface area contributed by atoms with E-state index in [1.165, 1.54) is 4.90 Å². The number of halogens is 1. The lowest BCUT2D eigenvalue weighted by Gasteiger charge is -2.40. The van der Waals surface area contributed by atoms with Gasteiger partial charge in [-0.2, -0.15) is 0 Å². The van der Waals surface area contributed by atoms with Gasteiger partial charge < -0.3 is 30.3 Å². The van der Waals surface area contributed by atoms with Gasteiger partial charge in [-0.1, -0.05) is 6.07 Å². The molecule has 2 fully saturated rings. The third-order valence-corrected chi connectivity index (χ3v) is 7.32. The molecule has 0 spiro atoms. The van der Waals surface area contributed by atoms with Crippen molar-refractivity contribution in [3.05, 3.63) is 46.3 Å². The molecule has 0 saturated carbocycles. The van der Waals surface area contributed by atoms with Crippen molar-refractivity contribution < 1.29 is 38.8 Å². The summed E-state index contributed by atoms with van der Waals surface area (Å²) in [7, 11) is 6.28. The van der Waals surface area contributed by atoms with Crippen LogP contribution in [0.5, 0.6) is 17.2 Å². The minimum Gasteiger partial charge on any atom is -0.504 e. The Kier molecular flexibility index (Phi) is 6.65. The molecule has 0 aliphatic carbocycles. The first kappa shape index (κ1) is 25.8. The topological polar surface area (TPSA) is 152 Å². The number of carbonyl (C=O) groups excluding carboxylic acids is 3. The molecule has 1 unspecified atom stereocenters. The number of benzene rings is 2. The van der Waals surface area contributed by atoms with Gasteiger partial charge in [0, 0.05) is 56.0 Å². The van der Waals surface area contributed by atoms with Gasteiger partial charge in [0.15, 0.2) is 23.1 Å². The van der Waals surface area contributed by atoms with Crippen molar-refractivity contribution in [3.63, 3.8) is 0 Å². The Morgan fingerprint density at radius 3 is 2.50 bits per heavy atom. The number of carbonyl (C=O) groups is 3. The average Bonchev–Trinajstić information content (AvgIpc) is 3.26. The van der Waals surface area contributed by atoms with E-state index in [4.69, 9.17) is 12.6 Å². The highest BCUT2D eigenvalue weighted by molar-refractivity contribution is 6.32. The fourth-order valence-electron chi connectivity index (χ4n) is 5.05. The van der Waals surface area contributed by atoms with E-state index in [-0.39, 0.29) is 49.2 Å². The van der Waals surface area contributed by atoms with Crippen LogP contribution >= 0.6 is 0 Å². The van der Waals surface area contributed by atoms with Crippen LogP contribution in [0, 0.1) is 5.82 Å². The van der Waals surface area contributed by atoms with Crippen molar-refractivity contribution in [2.75, 3.05) is 31.6 Å². The van der Waals surface area contributed by atoms with Crippen LogP contribution < -0.4 is 10.6 Å². The van der Waals surface area contributed by atoms with E-state index in [0.717, 1.165) is 0 Å². The number of nitrogens with zero attached hydrogens (tertiary/aromatic N) is 2.